The van der Waals surface area contributed by atoms with Gasteiger partial charge in [-0.15, -0.1) is 22.7 Å². The number of hydrogen-bond acceptors (Lipinski definition) is 9. The van der Waals surface area contributed by atoms with Gasteiger partial charge in [-0.2, -0.15) is 0 Å². The molecule has 1 aliphatic rings. The summed E-state index contributed by atoms with van der Waals surface area (Å²) in [5.74, 6) is -2.34. The number of hydrogen-bond donors (Lipinski definition) is 1. The number of ketones is 1. The van der Waals surface area contributed by atoms with Crippen LogP contribution in [0.3, 0.4) is 0 Å². The average Bonchev–Trinajstić information content (AvgIpc) is 3.54. The number of nitrogens with zero attached hydrogens (tertiary/aromatic N) is 2. The minimum Gasteiger partial charge on any atom is -0.503 e. The number of carbonyl (C=O) groups excluding carboxylic acids is 3. The lowest BCUT2D eigenvalue weighted by Gasteiger charge is -2.22. The van der Waals surface area contributed by atoms with Crippen LogP contribution in [-0.2, 0) is 9.53 Å². The van der Waals surface area contributed by atoms with Crippen LogP contribution in [0.4, 0.5) is 5.13 Å². The smallest absolute Gasteiger partial charge is 0.350 e. The number of esters is 1. The van der Waals surface area contributed by atoms with Crippen molar-refractivity contribution in [1.29, 1.82) is 0 Å². The third kappa shape index (κ3) is 3.73. The number of ether oxygens (including phenoxy) is 1. The van der Waals surface area contributed by atoms with Crippen LogP contribution < -0.4 is 4.90 Å². The minimum absolute atomic E-state index is 0.00135. The van der Waals surface area contributed by atoms with E-state index in [1.165, 1.54) is 33.6 Å². The first-order valence-electron chi connectivity index (χ1n) is 9.07. The number of aliphatic hydroxyl groups is 1. The van der Waals surface area contributed by atoms with Crippen molar-refractivity contribution in [2.45, 2.75) is 13.0 Å². The Kier molecular flexibility index (Phi) is 5.86. The Balaban J connectivity index is 1.78. The Bertz CT molecular complexity index is 1190. The molecule has 7 nitrogen and oxygen atoms in total. The fraction of sp³-hybridized carbons (Fsp3) is 0.143. The van der Waals surface area contributed by atoms with Gasteiger partial charge in [0.15, 0.2) is 10.9 Å². The molecule has 3 aromatic heterocycles. The van der Waals surface area contributed by atoms with Crippen LogP contribution >= 0.6 is 34.0 Å². The lowest BCUT2D eigenvalue weighted by atomic mass is 10.0. The summed E-state index contributed by atoms with van der Waals surface area (Å²) in [6, 6.07) is 6.12. The van der Waals surface area contributed by atoms with E-state index >= 15 is 0 Å². The van der Waals surface area contributed by atoms with Crippen LogP contribution in [0.1, 0.15) is 36.0 Å². The van der Waals surface area contributed by atoms with Crippen LogP contribution in [0.2, 0.25) is 0 Å². The molecule has 0 saturated carbocycles. The number of anilines is 1. The van der Waals surface area contributed by atoms with E-state index in [0.29, 0.717) is 15.4 Å². The van der Waals surface area contributed by atoms with E-state index in [9.17, 15) is 19.5 Å². The molecule has 1 unspecified atom stereocenters. The van der Waals surface area contributed by atoms with Gasteiger partial charge >= 0.3 is 5.97 Å². The fourth-order valence-electron chi connectivity index (χ4n) is 3.17. The number of rotatable bonds is 7. The largest absolute Gasteiger partial charge is 0.503 e. The van der Waals surface area contributed by atoms with E-state index in [0.717, 1.165) is 11.3 Å². The number of Topliss-reactive ketones (excluding diaryl/α,β-unsaturated/α-hetero) is 1. The van der Waals surface area contributed by atoms with Gasteiger partial charge in [-0.05, 0) is 29.8 Å². The first kappa shape index (κ1) is 21.2. The van der Waals surface area contributed by atoms with E-state index in [1.54, 1.807) is 36.6 Å². The van der Waals surface area contributed by atoms with Gasteiger partial charge in [-0.25, -0.2) is 9.78 Å². The number of carbonyl (C=O) groups is 3. The van der Waals surface area contributed by atoms with Crippen LogP contribution in [0, 0.1) is 6.92 Å². The van der Waals surface area contributed by atoms with Crippen molar-refractivity contribution in [2.24, 2.45) is 0 Å². The van der Waals surface area contributed by atoms with Crippen LogP contribution in [-0.4, -0.2) is 34.4 Å². The Labute approximate surface area is 189 Å². The molecule has 0 aliphatic carbocycles. The monoisotopic (exact) mass is 472 g/mol. The first-order chi connectivity index (χ1) is 14.9. The summed E-state index contributed by atoms with van der Waals surface area (Å²) in [5.41, 5.74) is 0.392. The zero-order chi connectivity index (χ0) is 22.1. The topological polar surface area (TPSA) is 96.8 Å². The van der Waals surface area contributed by atoms with E-state index in [-0.39, 0.29) is 22.2 Å². The van der Waals surface area contributed by atoms with E-state index in [4.69, 9.17) is 4.74 Å². The standard InChI is InChI=1S/C21H16N2O5S3/c1-3-8-28-20(27)18-11(2)22-21(31-18)23-15(12-6-4-9-29-12)14(17(25)19(23)26)16(24)13-7-5-10-30-13/h3-7,9-10,15,25H,1,8H2,2H3. The third-order valence-corrected chi connectivity index (χ3v) is 7.45. The molecule has 10 heteroatoms. The molecule has 31 heavy (non-hydrogen) atoms. The zero-order valence-electron chi connectivity index (χ0n) is 16.2. The number of amides is 1. The predicted molar refractivity (Wildman–Crippen MR) is 120 cm³/mol. The summed E-state index contributed by atoms with van der Waals surface area (Å²) >= 11 is 3.56. The van der Waals surface area contributed by atoms with E-state index in [2.05, 4.69) is 11.6 Å². The fourth-order valence-corrected chi connectivity index (χ4v) is 5.65. The summed E-state index contributed by atoms with van der Waals surface area (Å²) < 4.78 is 5.09. The molecule has 0 radical (unpaired) electrons. The number of thiophene rings is 2. The molecule has 0 saturated heterocycles. The van der Waals surface area contributed by atoms with Crippen molar-refractivity contribution >= 4 is 56.8 Å². The quantitative estimate of drug-likeness (QED) is 0.304. The van der Waals surface area contributed by atoms with E-state index in [1.807, 2.05) is 5.38 Å². The molecule has 0 spiro atoms. The zero-order valence-corrected chi connectivity index (χ0v) is 18.7. The number of aryl methyl sites for hydroxylation is 1. The van der Waals surface area contributed by atoms with Crippen molar-refractivity contribution in [3.8, 4) is 0 Å². The summed E-state index contributed by atoms with van der Waals surface area (Å²) in [4.78, 5) is 45.6. The van der Waals surface area contributed by atoms with Crippen molar-refractivity contribution in [1.82, 2.24) is 4.98 Å². The van der Waals surface area contributed by atoms with Gasteiger partial charge in [-0.1, -0.05) is 36.1 Å². The first-order valence-corrected chi connectivity index (χ1v) is 11.6. The molecule has 0 fully saturated rings. The van der Waals surface area contributed by atoms with Gasteiger partial charge in [0, 0.05) is 4.88 Å². The number of aromatic nitrogens is 1. The predicted octanol–water partition coefficient (Wildman–Crippen LogP) is 4.70. The maximum atomic E-state index is 13.2. The third-order valence-electron chi connectivity index (χ3n) is 4.52. The van der Waals surface area contributed by atoms with Crippen molar-refractivity contribution < 1.29 is 24.2 Å². The second-order valence-corrected chi connectivity index (χ2v) is 9.36. The highest BCUT2D eigenvalue weighted by atomic mass is 32.1. The van der Waals surface area contributed by atoms with Gasteiger partial charge in [0.2, 0.25) is 5.78 Å². The van der Waals surface area contributed by atoms with Gasteiger partial charge in [0.05, 0.1) is 16.1 Å². The van der Waals surface area contributed by atoms with Gasteiger partial charge < -0.3 is 9.84 Å². The lowest BCUT2D eigenvalue weighted by Crippen LogP contribution is -2.30. The molecular weight excluding hydrogens is 456 g/mol. The summed E-state index contributed by atoms with van der Waals surface area (Å²) in [7, 11) is 0. The lowest BCUT2D eigenvalue weighted by molar-refractivity contribution is -0.117. The van der Waals surface area contributed by atoms with Crippen molar-refractivity contribution in [2.75, 3.05) is 11.5 Å². The summed E-state index contributed by atoms with van der Waals surface area (Å²) in [6.07, 6.45) is 1.45. The molecule has 0 aromatic carbocycles. The van der Waals surface area contributed by atoms with Gasteiger partial charge in [0.1, 0.15) is 17.5 Å². The minimum atomic E-state index is -0.843. The second-order valence-electron chi connectivity index (χ2n) is 6.46. The Morgan fingerprint density at radius 3 is 2.68 bits per heavy atom. The molecule has 1 N–H and O–H groups in total. The molecule has 1 aliphatic heterocycles. The number of thiazole rings is 1. The van der Waals surface area contributed by atoms with E-state index < -0.39 is 29.5 Å². The molecule has 1 amide bonds. The van der Waals surface area contributed by atoms with Crippen molar-refractivity contribution in [3.05, 3.63) is 79.3 Å². The average molecular weight is 473 g/mol. The number of aliphatic hydroxyl groups excluding tert-OH is 1. The second kappa shape index (κ2) is 8.58. The highest BCUT2D eigenvalue weighted by Gasteiger charge is 2.46. The normalized spacial score (nSPS) is 16.1. The highest BCUT2D eigenvalue weighted by molar-refractivity contribution is 7.17. The van der Waals surface area contributed by atoms with Crippen LogP contribution in [0.5, 0.6) is 0 Å². The van der Waals surface area contributed by atoms with Crippen molar-refractivity contribution in [3.63, 3.8) is 0 Å². The maximum absolute atomic E-state index is 13.2. The molecule has 0 bridgehead atoms. The summed E-state index contributed by atoms with van der Waals surface area (Å²) in [5, 5.41) is 14.5. The molecule has 3 aromatic rings. The Morgan fingerprint density at radius 1 is 1.29 bits per heavy atom. The van der Waals surface area contributed by atoms with Gasteiger partial charge in [-0.3, -0.25) is 14.5 Å². The molecular formula is C21H16N2O5S3. The molecule has 4 heterocycles. The van der Waals surface area contributed by atoms with Crippen LogP contribution in [0.15, 0.2) is 59.0 Å². The molecule has 4 rings (SSSR count). The SMILES string of the molecule is C=CCOC(=O)c1sc(N2C(=O)C(O)=C(C(=O)c3cccs3)C2c2cccs2)nc1C. The Hall–Kier alpha value is -3.08. The maximum Gasteiger partial charge on any atom is 0.350 e. The molecule has 1 atom stereocenters. The van der Waals surface area contributed by atoms with Crippen LogP contribution in [0.25, 0.3) is 0 Å². The summed E-state index contributed by atoms with van der Waals surface area (Å²) in [6.45, 7) is 5.20. The van der Waals surface area contributed by atoms with Gasteiger partial charge in [0.25, 0.3) is 5.91 Å². The highest BCUT2D eigenvalue weighted by Crippen LogP contribution is 2.45. The molecule has 158 valence electrons. The Morgan fingerprint density at radius 2 is 2.03 bits per heavy atom.